The summed E-state index contributed by atoms with van der Waals surface area (Å²) < 4.78 is 0.981. The number of H-pyrrole nitrogens is 1. The van der Waals surface area contributed by atoms with Crippen LogP contribution in [0.3, 0.4) is 0 Å². The molecule has 0 unspecified atom stereocenters. The van der Waals surface area contributed by atoms with E-state index >= 15 is 0 Å². The number of thioether (sulfide) groups is 1. The van der Waals surface area contributed by atoms with Crippen molar-refractivity contribution in [2.24, 2.45) is 0 Å². The third kappa shape index (κ3) is 3.54. The number of nitrogens with zero attached hydrogens (tertiary/aromatic N) is 1. The number of halogens is 1. The van der Waals surface area contributed by atoms with E-state index < -0.39 is 0 Å². The van der Waals surface area contributed by atoms with Gasteiger partial charge in [-0.2, -0.15) is 0 Å². The third-order valence-corrected chi connectivity index (χ3v) is 4.55. The fourth-order valence-corrected chi connectivity index (χ4v) is 3.08. The van der Waals surface area contributed by atoms with Crippen LogP contribution >= 0.6 is 27.7 Å². The van der Waals surface area contributed by atoms with Crippen molar-refractivity contribution in [1.29, 1.82) is 0 Å². The number of rotatable bonds is 5. The maximum atomic E-state index is 12.1. The molecule has 1 heterocycles. The fraction of sp³-hybridized carbons (Fsp3) is 0.125. The molecule has 1 aromatic heterocycles. The van der Waals surface area contributed by atoms with Crippen LogP contribution in [-0.2, 0) is 5.75 Å². The van der Waals surface area contributed by atoms with Gasteiger partial charge in [-0.15, -0.1) is 11.8 Å². The van der Waals surface area contributed by atoms with Gasteiger partial charge >= 0.3 is 0 Å². The van der Waals surface area contributed by atoms with Gasteiger partial charge in [-0.05, 0) is 24.3 Å². The average molecular weight is 361 g/mol. The Morgan fingerprint density at radius 1 is 1.14 bits per heavy atom. The van der Waals surface area contributed by atoms with Crippen LogP contribution in [0.1, 0.15) is 16.2 Å². The van der Waals surface area contributed by atoms with E-state index in [-0.39, 0.29) is 5.78 Å². The highest BCUT2D eigenvalue weighted by atomic mass is 79.9. The zero-order valence-electron chi connectivity index (χ0n) is 11.2. The van der Waals surface area contributed by atoms with E-state index in [9.17, 15) is 4.79 Å². The van der Waals surface area contributed by atoms with Gasteiger partial charge in [0, 0.05) is 10.0 Å². The summed E-state index contributed by atoms with van der Waals surface area (Å²) >= 11 is 4.94. The lowest BCUT2D eigenvalue weighted by Crippen LogP contribution is -2.02. The first kappa shape index (κ1) is 14.4. The van der Waals surface area contributed by atoms with Crippen molar-refractivity contribution in [1.82, 2.24) is 9.97 Å². The molecule has 0 amide bonds. The molecule has 2 aromatic carbocycles. The summed E-state index contributed by atoms with van der Waals surface area (Å²) in [5.74, 6) is 2.21. The Morgan fingerprint density at radius 3 is 2.67 bits per heavy atom. The standard InChI is InChI=1S/C16H13BrN2OS/c17-12-7-5-11(6-8-12)15(20)9-21-10-16-18-13-3-1-2-4-14(13)19-16/h1-8H,9-10H2,(H,18,19). The predicted octanol–water partition coefficient (Wildman–Crippen LogP) is 4.44. The number of aromatic nitrogens is 2. The highest BCUT2D eigenvalue weighted by Crippen LogP contribution is 2.17. The Labute approximate surface area is 135 Å². The smallest absolute Gasteiger partial charge is 0.172 e. The van der Waals surface area contributed by atoms with E-state index in [0.717, 1.165) is 26.9 Å². The number of benzene rings is 2. The van der Waals surface area contributed by atoms with Crippen molar-refractivity contribution in [3.05, 3.63) is 64.4 Å². The van der Waals surface area contributed by atoms with Crippen LogP contribution < -0.4 is 0 Å². The van der Waals surface area contributed by atoms with Crippen molar-refractivity contribution in [3.8, 4) is 0 Å². The maximum Gasteiger partial charge on any atom is 0.172 e. The number of aromatic amines is 1. The van der Waals surface area contributed by atoms with Gasteiger partial charge in [0.25, 0.3) is 0 Å². The molecule has 0 bridgehead atoms. The largest absolute Gasteiger partial charge is 0.341 e. The highest BCUT2D eigenvalue weighted by molar-refractivity contribution is 9.10. The summed E-state index contributed by atoms with van der Waals surface area (Å²) in [5, 5.41) is 0. The van der Waals surface area contributed by atoms with Crippen molar-refractivity contribution in [2.45, 2.75) is 5.75 Å². The molecule has 0 fully saturated rings. The van der Waals surface area contributed by atoms with Crippen LogP contribution in [0.15, 0.2) is 53.0 Å². The SMILES string of the molecule is O=C(CSCc1nc2ccccc2[nH]1)c1ccc(Br)cc1. The molecule has 3 aromatic rings. The summed E-state index contributed by atoms with van der Waals surface area (Å²) in [4.78, 5) is 19.8. The number of fused-ring (bicyclic) bond motifs is 1. The van der Waals surface area contributed by atoms with Crippen molar-refractivity contribution in [3.63, 3.8) is 0 Å². The second kappa shape index (κ2) is 6.45. The normalized spacial score (nSPS) is 10.9. The Bertz CT molecular complexity index is 734. The van der Waals surface area contributed by atoms with Gasteiger partial charge in [0.15, 0.2) is 5.78 Å². The van der Waals surface area contributed by atoms with Gasteiger partial charge < -0.3 is 4.98 Å². The lowest BCUT2D eigenvalue weighted by Gasteiger charge is -2.00. The molecule has 21 heavy (non-hydrogen) atoms. The Balaban J connectivity index is 1.58. The first-order valence-electron chi connectivity index (χ1n) is 6.52. The second-order valence-corrected chi connectivity index (χ2v) is 6.52. The number of hydrogen-bond donors (Lipinski definition) is 1. The molecule has 0 aliphatic carbocycles. The monoisotopic (exact) mass is 360 g/mol. The number of nitrogens with one attached hydrogen (secondary N) is 1. The molecule has 0 saturated heterocycles. The van der Waals surface area contributed by atoms with Gasteiger partial charge in [-0.25, -0.2) is 4.98 Å². The zero-order chi connectivity index (χ0) is 14.7. The molecular weight excluding hydrogens is 348 g/mol. The molecule has 0 radical (unpaired) electrons. The highest BCUT2D eigenvalue weighted by Gasteiger charge is 2.07. The Morgan fingerprint density at radius 2 is 1.90 bits per heavy atom. The van der Waals surface area contributed by atoms with Crippen LogP contribution in [0.2, 0.25) is 0 Å². The zero-order valence-corrected chi connectivity index (χ0v) is 13.6. The quantitative estimate of drug-likeness (QED) is 0.684. The van der Waals surface area contributed by atoms with E-state index in [1.165, 1.54) is 0 Å². The molecule has 0 aliphatic heterocycles. The molecule has 1 N–H and O–H groups in total. The van der Waals surface area contributed by atoms with Crippen LogP contribution in [0, 0.1) is 0 Å². The number of imidazole rings is 1. The Hall–Kier alpha value is -1.59. The molecule has 106 valence electrons. The third-order valence-electron chi connectivity index (χ3n) is 3.08. The summed E-state index contributed by atoms with van der Waals surface area (Å²) in [6.45, 7) is 0. The Kier molecular flexibility index (Phi) is 4.41. The lowest BCUT2D eigenvalue weighted by atomic mass is 10.2. The molecular formula is C16H13BrN2OS. The molecule has 0 aliphatic rings. The lowest BCUT2D eigenvalue weighted by molar-refractivity contribution is 0.102. The van der Waals surface area contributed by atoms with Crippen molar-refractivity contribution in [2.75, 3.05) is 5.75 Å². The maximum absolute atomic E-state index is 12.1. The number of para-hydroxylation sites is 2. The molecule has 0 saturated carbocycles. The minimum absolute atomic E-state index is 0.142. The van der Waals surface area contributed by atoms with Gasteiger partial charge in [0.05, 0.1) is 22.5 Å². The molecule has 3 rings (SSSR count). The average Bonchev–Trinajstić information content (AvgIpc) is 2.90. The van der Waals surface area contributed by atoms with Crippen LogP contribution in [0.4, 0.5) is 0 Å². The van der Waals surface area contributed by atoms with Crippen LogP contribution in [0.25, 0.3) is 11.0 Å². The van der Waals surface area contributed by atoms with Gasteiger partial charge in [0.2, 0.25) is 0 Å². The molecule has 3 nitrogen and oxygen atoms in total. The summed E-state index contributed by atoms with van der Waals surface area (Å²) in [5.41, 5.74) is 2.75. The van der Waals surface area contributed by atoms with Crippen molar-refractivity contribution >= 4 is 44.5 Å². The second-order valence-electron chi connectivity index (χ2n) is 4.62. The first-order chi connectivity index (χ1) is 10.2. The summed E-state index contributed by atoms with van der Waals surface area (Å²) in [6, 6.07) is 15.4. The van der Waals surface area contributed by atoms with E-state index in [4.69, 9.17) is 0 Å². The number of ketones is 1. The molecule has 5 heteroatoms. The van der Waals surface area contributed by atoms with E-state index in [1.807, 2.05) is 48.5 Å². The topological polar surface area (TPSA) is 45.8 Å². The molecule has 0 atom stereocenters. The fourth-order valence-electron chi connectivity index (χ4n) is 2.03. The number of carbonyl (C=O) groups is 1. The van der Waals surface area contributed by atoms with Crippen LogP contribution in [0.5, 0.6) is 0 Å². The number of hydrogen-bond acceptors (Lipinski definition) is 3. The van der Waals surface area contributed by atoms with E-state index in [2.05, 4.69) is 25.9 Å². The number of Topliss-reactive ketones (excluding diaryl/α,β-unsaturated/α-hetero) is 1. The summed E-state index contributed by atoms with van der Waals surface area (Å²) in [7, 11) is 0. The van der Waals surface area contributed by atoms with E-state index in [1.54, 1.807) is 11.8 Å². The first-order valence-corrected chi connectivity index (χ1v) is 8.47. The molecule has 0 spiro atoms. The minimum Gasteiger partial charge on any atom is -0.341 e. The summed E-state index contributed by atoms with van der Waals surface area (Å²) in [6.07, 6.45) is 0. The van der Waals surface area contributed by atoms with Crippen LogP contribution in [-0.4, -0.2) is 21.5 Å². The van der Waals surface area contributed by atoms with Crippen molar-refractivity contribution < 1.29 is 4.79 Å². The predicted molar refractivity (Wildman–Crippen MR) is 90.7 cm³/mol. The minimum atomic E-state index is 0.142. The van der Waals surface area contributed by atoms with Gasteiger partial charge in [-0.3, -0.25) is 4.79 Å². The van der Waals surface area contributed by atoms with E-state index in [0.29, 0.717) is 11.5 Å². The van der Waals surface area contributed by atoms with Gasteiger partial charge in [0.1, 0.15) is 5.82 Å². The number of carbonyl (C=O) groups excluding carboxylic acids is 1. The van der Waals surface area contributed by atoms with Gasteiger partial charge in [-0.1, -0.05) is 40.2 Å².